The van der Waals surface area contributed by atoms with E-state index in [1.54, 1.807) is 0 Å². The Morgan fingerprint density at radius 3 is 2.42 bits per heavy atom. The number of amides is 1. The van der Waals surface area contributed by atoms with Gasteiger partial charge in [-0.1, -0.05) is 66.2 Å². The summed E-state index contributed by atoms with van der Waals surface area (Å²) in [5, 5.41) is 2.39. The maximum Gasteiger partial charge on any atom is 0.227 e. The molecule has 0 aliphatic rings. The van der Waals surface area contributed by atoms with E-state index in [4.69, 9.17) is 0 Å². The number of hydrogen-bond donors (Lipinski definition) is 0. The first-order valence-electron chi connectivity index (χ1n) is 8.31. The maximum atomic E-state index is 12.6. The van der Waals surface area contributed by atoms with Gasteiger partial charge in [0.1, 0.15) is 0 Å². The summed E-state index contributed by atoms with van der Waals surface area (Å²) in [6, 6.07) is 20.9. The molecule has 24 heavy (non-hydrogen) atoms. The minimum Gasteiger partial charge on any atom is -0.341 e. The highest BCUT2D eigenvalue weighted by molar-refractivity contribution is 5.85. The zero-order valence-corrected chi connectivity index (χ0v) is 14.5. The van der Waals surface area contributed by atoms with Crippen molar-refractivity contribution in [1.82, 2.24) is 4.90 Å². The van der Waals surface area contributed by atoms with Crippen molar-refractivity contribution in [2.24, 2.45) is 0 Å². The van der Waals surface area contributed by atoms with Crippen molar-refractivity contribution in [2.45, 2.75) is 26.8 Å². The summed E-state index contributed by atoms with van der Waals surface area (Å²) < 4.78 is 0. The van der Waals surface area contributed by atoms with E-state index in [-0.39, 0.29) is 5.91 Å². The molecular formula is C22H23NO. The molecule has 2 heteroatoms. The van der Waals surface area contributed by atoms with Gasteiger partial charge in [-0.25, -0.2) is 0 Å². The first kappa shape index (κ1) is 16.3. The van der Waals surface area contributed by atoms with Crippen LogP contribution in [0.1, 0.15) is 22.3 Å². The number of fused-ring (bicyclic) bond motifs is 1. The molecule has 122 valence electrons. The summed E-state index contributed by atoms with van der Waals surface area (Å²) in [7, 11) is 1.88. The van der Waals surface area contributed by atoms with Gasteiger partial charge in [-0.15, -0.1) is 0 Å². The van der Waals surface area contributed by atoms with Gasteiger partial charge in [0, 0.05) is 13.6 Å². The first-order valence-corrected chi connectivity index (χ1v) is 8.31. The molecule has 0 aromatic heterocycles. The SMILES string of the molecule is Cc1ccc(CN(C)C(=O)Cc2ccc3ccccc3c2)c(C)c1. The molecule has 0 unspecified atom stereocenters. The van der Waals surface area contributed by atoms with Gasteiger partial charge in [-0.3, -0.25) is 4.79 Å². The number of aryl methyl sites for hydroxylation is 2. The highest BCUT2D eigenvalue weighted by atomic mass is 16.2. The van der Waals surface area contributed by atoms with E-state index in [0.717, 1.165) is 5.56 Å². The lowest BCUT2D eigenvalue weighted by molar-refractivity contribution is -0.129. The van der Waals surface area contributed by atoms with Crippen molar-refractivity contribution in [3.05, 3.63) is 82.9 Å². The molecule has 0 aliphatic carbocycles. The molecule has 0 saturated carbocycles. The van der Waals surface area contributed by atoms with Gasteiger partial charge >= 0.3 is 0 Å². The molecule has 1 amide bonds. The Labute approximate surface area is 143 Å². The van der Waals surface area contributed by atoms with Crippen LogP contribution in [0.2, 0.25) is 0 Å². The fraction of sp³-hybridized carbons (Fsp3) is 0.227. The molecule has 0 heterocycles. The van der Waals surface area contributed by atoms with Crippen LogP contribution in [0.3, 0.4) is 0 Å². The van der Waals surface area contributed by atoms with E-state index in [1.165, 1.54) is 27.5 Å². The largest absolute Gasteiger partial charge is 0.341 e. The molecule has 0 saturated heterocycles. The van der Waals surface area contributed by atoms with Gasteiger partial charge < -0.3 is 4.90 Å². The van der Waals surface area contributed by atoms with Gasteiger partial charge in [0.05, 0.1) is 6.42 Å². The number of carbonyl (C=O) groups is 1. The Kier molecular flexibility index (Phi) is 4.66. The van der Waals surface area contributed by atoms with E-state index in [0.29, 0.717) is 13.0 Å². The maximum absolute atomic E-state index is 12.6. The number of nitrogens with zero attached hydrogens (tertiary/aromatic N) is 1. The molecular weight excluding hydrogens is 294 g/mol. The minimum absolute atomic E-state index is 0.144. The Bertz CT molecular complexity index is 882. The average molecular weight is 317 g/mol. The highest BCUT2D eigenvalue weighted by Crippen LogP contribution is 2.17. The summed E-state index contributed by atoms with van der Waals surface area (Å²) in [6.07, 6.45) is 0.437. The summed E-state index contributed by atoms with van der Waals surface area (Å²) in [5.74, 6) is 0.144. The van der Waals surface area contributed by atoms with Crippen LogP contribution >= 0.6 is 0 Å². The van der Waals surface area contributed by atoms with Crippen molar-refractivity contribution >= 4 is 16.7 Å². The lowest BCUT2D eigenvalue weighted by atomic mass is 10.0. The van der Waals surface area contributed by atoms with E-state index in [2.05, 4.69) is 56.3 Å². The third-order valence-electron chi connectivity index (χ3n) is 4.50. The average Bonchev–Trinajstić information content (AvgIpc) is 2.57. The Balaban J connectivity index is 1.70. The second kappa shape index (κ2) is 6.88. The minimum atomic E-state index is 0.144. The van der Waals surface area contributed by atoms with Gasteiger partial charge in [-0.2, -0.15) is 0 Å². The van der Waals surface area contributed by atoms with Crippen molar-refractivity contribution in [2.75, 3.05) is 7.05 Å². The standard InChI is InChI=1S/C22H23NO/c1-16-8-10-21(17(2)12-16)15-23(3)22(24)14-18-9-11-19-6-4-5-7-20(19)13-18/h4-13H,14-15H2,1-3H3. The third kappa shape index (κ3) is 3.65. The van der Waals surface area contributed by atoms with Gasteiger partial charge in [0.15, 0.2) is 0 Å². The number of benzene rings is 3. The molecule has 2 nitrogen and oxygen atoms in total. The Morgan fingerprint density at radius 1 is 0.917 bits per heavy atom. The van der Waals surface area contributed by atoms with Crippen LogP contribution in [0.4, 0.5) is 0 Å². The van der Waals surface area contributed by atoms with E-state index >= 15 is 0 Å². The first-order chi connectivity index (χ1) is 11.5. The molecule has 0 atom stereocenters. The van der Waals surface area contributed by atoms with Crippen LogP contribution in [0.5, 0.6) is 0 Å². The number of hydrogen-bond acceptors (Lipinski definition) is 1. The summed E-state index contributed by atoms with van der Waals surface area (Å²) >= 11 is 0. The molecule has 0 radical (unpaired) electrons. The van der Waals surface area contributed by atoms with E-state index < -0.39 is 0 Å². The smallest absolute Gasteiger partial charge is 0.227 e. The van der Waals surface area contributed by atoms with Crippen LogP contribution < -0.4 is 0 Å². The van der Waals surface area contributed by atoms with Gasteiger partial charge in [0.2, 0.25) is 5.91 Å². The fourth-order valence-electron chi connectivity index (χ4n) is 3.03. The Hall–Kier alpha value is -2.61. The van der Waals surface area contributed by atoms with Crippen molar-refractivity contribution in [3.8, 4) is 0 Å². The molecule has 0 N–H and O–H groups in total. The monoisotopic (exact) mass is 317 g/mol. The zero-order valence-electron chi connectivity index (χ0n) is 14.5. The van der Waals surface area contributed by atoms with E-state index in [9.17, 15) is 4.79 Å². The molecule has 0 spiro atoms. The second-order valence-electron chi connectivity index (χ2n) is 6.54. The predicted molar refractivity (Wildman–Crippen MR) is 100 cm³/mol. The van der Waals surface area contributed by atoms with Crippen molar-refractivity contribution < 1.29 is 4.79 Å². The normalized spacial score (nSPS) is 10.8. The number of carbonyl (C=O) groups excluding carboxylic acids is 1. The van der Waals surface area contributed by atoms with Crippen molar-refractivity contribution in [1.29, 1.82) is 0 Å². The topological polar surface area (TPSA) is 20.3 Å². The van der Waals surface area contributed by atoms with Crippen LogP contribution in [0, 0.1) is 13.8 Å². The molecule has 3 rings (SSSR count). The number of rotatable bonds is 4. The molecule has 3 aromatic carbocycles. The Morgan fingerprint density at radius 2 is 1.67 bits per heavy atom. The van der Waals surface area contributed by atoms with Crippen LogP contribution in [-0.4, -0.2) is 17.9 Å². The summed E-state index contributed by atoms with van der Waals surface area (Å²) in [4.78, 5) is 14.4. The molecule has 0 fully saturated rings. The van der Waals surface area contributed by atoms with Gasteiger partial charge in [0.25, 0.3) is 0 Å². The van der Waals surface area contributed by atoms with Crippen LogP contribution in [0.25, 0.3) is 10.8 Å². The van der Waals surface area contributed by atoms with Crippen molar-refractivity contribution in [3.63, 3.8) is 0 Å². The summed E-state index contributed by atoms with van der Waals surface area (Å²) in [6.45, 7) is 4.84. The molecule has 3 aromatic rings. The molecule has 0 bridgehead atoms. The van der Waals surface area contributed by atoms with Crippen LogP contribution in [-0.2, 0) is 17.8 Å². The zero-order chi connectivity index (χ0) is 17.1. The van der Waals surface area contributed by atoms with Crippen LogP contribution in [0.15, 0.2) is 60.7 Å². The number of likely N-dealkylation sites (N-methyl/N-ethyl adjacent to an activating group) is 1. The van der Waals surface area contributed by atoms with Gasteiger partial charge in [-0.05, 0) is 41.3 Å². The highest BCUT2D eigenvalue weighted by Gasteiger charge is 2.11. The lowest BCUT2D eigenvalue weighted by Gasteiger charge is -2.19. The quantitative estimate of drug-likeness (QED) is 0.685. The third-order valence-corrected chi connectivity index (χ3v) is 4.50. The fourth-order valence-corrected chi connectivity index (χ4v) is 3.03. The second-order valence-corrected chi connectivity index (χ2v) is 6.54. The predicted octanol–water partition coefficient (Wildman–Crippen LogP) is 4.66. The lowest BCUT2D eigenvalue weighted by Crippen LogP contribution is -2.28. The summed E-state index contributed by atoms with van der Waals surface area (Å²) in [5.41, 5.74) is 4.75. The van der Waals surface area contributed by atoms with E-state index in [1.807, 2.05) is 30.1 Å². The molecule has 0 aliphatic heterocycles.